The van der Waals surface area contributed by atoms with Gasteiger partial charge < -0.3 is 10.1 Å². The lowest BCUT2D eigenvalue weighted by atomic mass is 10.2. The van der Waals surface area contributed by atoms with Gasteiger partial charge in [0.05, 0.1) is 24.1 Å². The Labute approximate surface area is 147 Å². The third kappa shape index (κ3) is 4.75. The highest BCUT2D eigenvalue weighted by molar-refractivity contribution is 7.15. The molecule has 1 atom stereocenters. The molecule has 1 heterocycles. The molecule has 1 N–H and O–H groups in total. The lowest BCUT2D eigenvalue weighted by Crippen LogP contribution is -2.28. The Balaban J connectivity index is 2.24. The van der Waals surface area contributed by atoms with Crippen LogP contribution < -0.4 is 5.32 Å². The molecule has 128 valence electrons. The molecule has 0 radical (unpaired) electrons. The lowest BCUT2D eigenvalue weighted by Gasteiger charge is -2.14. The van der Waals surface area contributed by atoms with Crippen molar-refractivity contribution in [2.24, 2.45) is 0 Å². The zero-order chi connectivity index (χ0) is 17.7. The Hall–Kier alpha value is -1.99. The van der Waals surface area contributed by atoms with Crippen molar-refractivity contribution < 1.29 is 18.7 Å². The minimum absolute atomic E-state index is 0.00850. The molecule has 0 aliphatic rings. The third-order valence-electron chi connectivity index (χ3n) is 3.09. The quantitative estimate of drug-likeness (QED) is 0.786. The van der Waals surface area contributed by atoms with Crippen LogP contribution in [-0.4, -0.2) is 23.5 Å². The molecule has 24 heavy (non-hydrogen) atoms. The van der Waals surface area contributed by atoms with Gasteiger partial charge in [-0.05, 0) is 25.1 Å². The Morgan fingerprint density at radius 2 is 2.21 bits per heavy atom. The van der Waals surface area contributed by atoms with Crippen molar-refractivity contribution >= 4 is 34.8 Å². The summed E-state index contributed by atoms with van der Waals surface area (Å²) in [4.78, 5) is 28.1. The maximum absolute atomic E-state index is 13.3. The normalized spacial score (nSPS) is 11.8. The van der Waals surface area contributed by atoms with E-state index in [0.29, 0.717) is 15.4 Å². The fourth-order valence-corrected chi connectivity index (χ4v) is 3.21. The van der Waals surface area contributed by atoms with Gasteiger partial charge in [0, 0.05) is 23.6 Å². The van der Waals surface area contributed by atoms with Crippen LogP contribution in [-0.2, 0) is 14.3 Å². The van der Waals surface area contributed by atoms with E-state index in [9.17, 15) is 14.0 Å². The van der Waals surface area contributed by atoms with E-state index in [4.69, 9.17) is 16.3 Å². The minimum Gasteiger partial charge on any atom is -0.466 e. The molecule has 8 heteroatoms. The summed E-state index contributed by atoms with van der Waals surface area (Å²) < 4.78 is 18.2. The molecule has 5 nitrogen and oxygen atoms in total. The fourth-order valence-electron chi connectivity index (χ4n) is 2.06. The molecule has 1 aromatic heterocycles. The Kier molecular flexibility index (Phi) is 6.28. The van der Waals surface area contributed by atoms with Gasteiger partial charge in [0.1, 0.15) is 10.8 Å². The highest BCUT2D eigenvalue weighted by Gasteiger charge is 2.21. The van der Waals surface area contributed by atoms with Crippen molar-refractivity contribution in [1.29, 1.82) is 0 Å². The monoisotopic (exact) mass is 370 g/mol. The predicted molar refractivity (Wildman–Crippen MR) is 90.3 cm³/mol. The number of aromatic nitrogens is 1. The average molecular weight is 371 g/mol. The van der Waals surface area contributed by atoms with E-state index in [0.717, 1.165) is 0 Å². The SMILES string of the molecule is CCOC(=O)CC(NC(C)=O)c1cnc(-c2ccc(F)c(Cl)c2)s1. The van der Waals surface area contributed by atoms with E-state index in [1.165, 1.54) is 30.4 Å². The number of thiazole rings is 1. The van der Waals surface area contributed by atoms with Crippen molar-refractivity contribution in [2.75, 3.05) is 6.61 Å². The smallest absolute Gasteiger partial charge is 0.308 e. The Morgan fingerprint density at radius 1 is 1.46 bits per heavy atom. The number of hydrogen-bond donors (Lipinski definition) is 1. The maximum Gasteiger partial charge on any atom is 0.308 e. The van der Waals surface area contributed by atoms with Crippen molar-refractivity contribution in [1.82, 2.24) is 10.3 Å². The summed E-state index contributed by atoms with van der Waals surface area (Å²) in [6.07, 6.45) is 1.59. The van der Waals surface area contributed by atoms with Gasteiger partial charge in [-0.25, -0.2) is 9.37 Å². The lowest BCUT2D eigenvalue weighted by molar-refractivity contribution is -0.143. The average Bonchev–Trinajstić information content (AvgIpc) is 2.99. The van der Waals surface area contributed by atoms with Gasteiger partial charge in [-0.15, -0.1) is 11.3 Å². The van der Waals surface area contributed by atoms with E-state index in [2.05, 4.69) is 10.3 Å². The molecule has 0 bridgehead atoms. The van der Waals surface area contributed by atoms with E-state index < -0.39 is 17.8 Å². The summed E-state index contributed by atoms with van der Waals surface area (Å²) in [7, 11) is 0. The van der Waals surface area contributed by atoms with Crippen LogP contribution in [0.4, 0.5) is 4.39 Å². The number of nitrogens with one attached hydrogen (secondary N) is 1. The summed E-state index contributed by atoms with van der Waals surface area (Å²) in [5.41, 5.74) is 0.662. The molecule has 2 rings (SSSR count). The second-order valence-corrected chi connectivity index (χ2v) is 6.43. The zero-order valence-electron chi connectivity index (χ0n) is 13.1. The highest BCUT2D eigenvalue weighted by atomic mass is 35.5. The van der Waals surface area contributed by atoms with Crippen LogP contribution >= 0.6 is 22.9 Å². The number of ether oxygens (including phenoxy) is 1. The van der Waals surface area contributed by atoms with Crippen LogP contribution in [0.15, 0.2) is 24.4 Å². The number of rotatable bonds is 6. The number of hydrogen-bond acceptors (Lipinski definition) is 5. The molecule has 0 spiro atoms. The summed E-state index contributed by atoms with van der Waals surface area (Å²) >= 11 is 7.09. The van der Waals surface area contributed by atoms with Crippen LogP contribution in [0.5, 0.6) is 0 Å². The summed E-state index contributed by atoms with van der Waals surface area (Å²) in [6, 6.07) is 3.80. The second kappa shape index (κ2) is 8.21. The molecule has 0 fully saturated rings. The third-order valence-corrected chi connectivity index (χ3v) is 4.54. The minimum atomic E-state index is -0.524. The first-order valence-corrected chi connectivity index (χ1v) is 8.44. The predicted octanol–water partition coefficient (Wildman–Crippen LogP) is 3.73. The summed E-state index contributed by atoms with van der Waals surface area (Å²) in [5, 5.41) is 3.34. The van der Waals surface area contributed by atoms with E-state index in [1.807, 2.05) is 0 Å². The van der Waals surface area contributed by atoms with Crippen LogP contribution in [0.2, 0.25) is 5.02 Å². The molecular formula is C16H16ClFN2O3S. The van der Waals surface area contributed by atoms with Gasteiger partial charge in [-0.3, -0.25) is 9.59 Å². The van der Waals surface area contributed by atoms with Crippen LogP contribution in [0.3, 0.4) is 0 Å². The van der Waals surface area contributed by atoms with Gasteiger partial charge in [-0.1, -0.05) is 11.6 Å². The Morgan fingerprint density at radius 3 is 2.83 bits per heavy atom. The fraction of sp³-hybridized carbons (Fsp3) is 0.312. The maximum atomic E-state index is 13.3. The summed E-state index contributed by atoms with van der Waals surface area (Å²) in [6.45, 7) is 3.36. The van der Waals surface area contributed by atoms with Crippen molar-refractivity contribution in [2.45, 2.75) is 26.3 Å². The van der Waals surface area contributed by atoms with E-state index >= 15 is 0 Å². The van der Waals surface area contributed by atoms with Crippen molar-refractivity contribution in [3.05, 3.63) is 40.1 Å². The van der Waals surface area contributed by atoms with Crippen LogP contribution in [0.1, 0.15) is 31.2 Å². The zero-order valence-corrected chi connectivity index (χ0v) is 14.7. The largest absolute Gasteiger partial charge is 0.466 e. The van der Waals surface area contributed by atoms with Crippen LogP contribution in [0.25, 0.3) is 10.6 Å². The first-order chi connectivity index (χ1) is 11.4. The number of benzene rings is 1. The number of nitrogens with zero attached hydrogens (tertiary/aromatic N) is 1. The Bertz CT molecular complexity index is 751. The molecule has 1 unspecified atom stereocenters. The number of esters is 1. The van der Waals surface area contributed by atoms with E-state index in [1.54, 1.807) is 19.2 Å². The topological polar surface area (TPSA) is 68.3 Å². The number of amides is 1. The van der Waals surface area contributed by atoms with Gasteiger partial charge in [-0.2, -0.15) is 0 Å². The molecule has 1 aromatic carbocycles. The first kappa shape index (κ1) is 18.4. The molecular weight excluding hydrogens is 355 g/mol. The van der Waals surface area contributed by atoms with Crippen molar-refractivity contribution in [3.63, 3.8) is 0 Å². The summed E-state index contributed by atoms with van der Waals surface area (Å²) in [5.74, 6) is -1.17. The van der Waals surface area contributed by atoms with Crippen LogP contribution in [0, 0.1) is 5.82 Å². The molecule has 1 amide bonds. The first-order valence-electron chi connectivity index (χ1n) is 7.24. The molecule has 0 aliphatic carbocycles. The molecule has 0 aliphatic heterocycles. The standard InChI is InChI=1S/C16H16ClFN2O3S/c1-3-23-15(22)7-13(20-9(2)21)14-8-19-16(24-14)10-4-5-12(18)11(17)6-10/h4-6,8,13H,3,7H2,1-2H3,(H,20,21). The second-order valence-electron chi connectivity index (χ2n) is 4.96. The number of carbonyl (C=O) groups excluding carboxylic acids is 2. The van der Waals surface area contributed by atoms with Gasteiger partial charge in [0.15, 0.2) is 0 Å². The number of carbonyl (C=O) groups is 2. The van der Waals surface area contributed by atoms with E-state index in [-0.39, 0.29) is 24.0 Å². The molecule has 2 aromatic rings. The van der Waals surface area contributed by atoms with Crippen molar-refractivity contribution in [3.8, 4) is 10.6 Å². The molecule has 0 saturated heterocycles. The highest BCUT2D eigenvalue weighted by Crippen LogP contribution is 2.32. The number of halogens is 2. The van der Waals surface area contributed by atoms with Gasteiger partial charge >= 0.3 is 5.97 Å². The van der Waals surface area contributed by atoms with Gasteiger partial charge in [0.2, 0.25) is 5.91 Å². The molecule has 0 saturated carbocycles. The van der Waals surface area contributed by atoms with Gasteiger partial charge in [0.25, 0.3) is 0 Å².